The molecule has 0 bridgehead atoms. The zero-order valence-corrected chi connectivity index (χ0v) is 9.71. The quantitative estimate of drug-likeness (QED) is 0.689. The highest BCUT2D eigenvalue weighted by Crippen LogP contribution is 2.34. The van der Waals surface area contributed by atoms with Crippen LogP contribution < -0.4 is 5.73 Å². The number of furan rings is 1. The third kappa shape index (κ3) is 1.66. The van der Waals surface area contributed by atoms with Crippen molar-refractivity contribution in [1.82, 2.24) is 0 Å². The van der Waals surface area contributed by atoms with E-state index in [-0.39, 0.29) is 0 Å². The van der Waals surface area contributed by atoms with Crippen molar-refractivity contribution in [3.05, 3.63) is 54.7 Å². The standard InChI is InChI=1S/C15H12N2O/c16-9-4-10-17-13-7-3-6-12-11-5-1-2-8-14(11)18-15(12)13/h1-10H,16H2. The lowest BCUT2D eigenvalue weighted by molar-refractivity contribution is 0.669. The highest BCUT2D eigenvalue weighted by molar-refractivity contribution is 6.08. The van der Waals surface area contributed by atoms with Gasteiger partial charge in [-0.1, -0.05) is 30.3 Å². The van der Waals surface area contributed by atoms with Crippen LogP contribution in [0.3, 0.4) is 0 Å². The molecule has 3 rings (SSSR count). The molecule has 0 aliphatic heterocycles. The fourth-order valence-electron chi connectivity index (χ4n) is 2.01. The number of fused-ring (bicyclic) bond motifs is 3. The Bertz CT molecular complexity index is 753. The molecular formula is C15H12N2O. The number of benzene rings is 2. The van der Waals surface area contributed by atoms with E-state index in [0.717, 1.165) is 27.6 Å². The Morgan fingerprint density at radius 1 is 1.00 bits per heavy atom. The monoisotopic (exact) mass is 236 g/mol. The van der Waals surface area contributed by atoms with Crippen molar-refractivity contribution in [3.8, 4) is 0 Å². The van der Waals surface area contributed by atoms with Gasteiger partial charge in [0.2, 0.25) is 0 Å². The van der Waals surface area contributed by atoms with E-state index >= 15 is 0 Å². The topological polar surface area (TPSA) is 51.5 Å². The maximum atomic E-state index is 5.85. The smallest absolute Gasteiger partial charge is 0.160 e. The van der Waals surface area contributed by atoms with Crippen LogP contribution in [0.15, 0.2) is 64.2 Å². The van der Waals surface area contributed by atoms with E-state index in [2.05, 4.69) is 11.1 Å². The summed E-state index contributed by atoms with van der Waals surface area (Å²) in [6.45, 7) is 0. The van der Waals surface area contributed by atoms with Crippen LogP contribution in [0.2, 0.25) is 0 Å². The Labute approximate surface area is 104 Å². The largest absolute Gasteiger partial charge is 0.454 e. The van der Waals surface area contributed by atoms with Gasteiger partial charge >= 0.3 is 0 Å². The Kier molecular flexibility index (Phi) is 2.57. The predicted molar refractivity (Wildman–Crippen MR) is 75.2 cm³/mol. The Morgan fingerprint density at radius 2 is 1.83 bits per heavy atom. The first-order valence-electron chi connectivity index (χ1n) is 5.71. The van der Waals surface area contributed by atoms with E-state index in [1.807, 2.05) is 36.4 Å². The molecule has 3 aromatic rings. The van der Waals surface area contributed by atoms with Gasteiger partial charge in [0.15, 0.2) is 5.58 Å². The fourth-order valence-corrected chi connectivity index (χ4v) is 2.01. The highest BCUT2D eigenvalue weighted by atomic mass is 16.3. The molecule has 2 aromatic carbocycles. The van der Waals surface area contributed by atoms with E-state index in [1.165, 1.54) is 6.20 Å². The molecule has 0 amide bonds. The number of hydrogen-bond donors (Lipinski definition) is 1. The minimum Gasteiger partial charge on any atom is -0.454 e. The van der Waals surface area contributed by atoms with Crippen molar-refractivity contribution in [1.29, 1.82) is 0 Å². The molecule has 18 heavy (non-hydrogen) atoms. The van der Waals surface area contributed by atoms with Gasteiger partial charge in [0.05, 0.1) is 0 Å². The van der Waals surface area contributed by atoms with Gasteiger partial charge in [-0.3, -0.25) is 4.99 Å². The lowest BCUT2D eigenvalue weighted by atomic mass is 10.1. The first kappa shape index (κ1) is 10.6. The molecule has 1 heterocycles. The van der Waals surface area contributed by atoms with Gasteiger partial charge in [0.25, 0.3) is 0 Å². The molecule has 0 saturated carbocycles. The summed E-state index contributed by atoms with van der Waals surface area (Å²) in [6.07, 6.45) is 4.78. The van der Waals surface area contributed by atoms with Gasteiger partial charge < -0.3 is 10.2 Å². The Hall–Kier alpha value is -2.55. The van der Waals surface area contributed by atoms with Crippen LogP contribution in [0, 0.1) is 0 Å². The van der Waals surface area contributed by atoms with E-state index in [1.54, 1.807) is 12.3 Å². The molecule has 0 aliphatic rings. The zero-order chi connectivity index (χ0) is 12.4. The second-order valence-electron chi connectivity index (χ2n) is 3.92. The summed E-state index contributed by atoms with van der Waals surface area (Å²) in [6, 6.07) is 13.9. The van der Waals surface area contributed by atoms with Crippen molar-refractivity contribution in [2.45, 2.75) is 0 Å². The van der Waals surface area contributed by atoms with Crippen LogP contribution in [0.1, 0.15) is 0 Å². The SMILES string of the molecule is NC=CC=Nc1cccc2c1oc1ccccc12. The summed E-state index contributed by atoms with van der Waals surface area (Å²) in [5, 5.41) is 2.19. The minimum atomic E-state index is 0.806. The number of allylic oxidation sites excluding steroid dienone is 1. The van der Waals surface area contributed by atoms with Crippen LogP contribution in [-0.4, -0.2) is 6.21 Å². The number of hydrogen-bond acceptors (Lipinski definition) is 3. The summed E-state index contributed by atoms with van der Waals surface area (Å²) in [4.78, 5) is 4.33. The summed E-state index contributed by atoms with van der Waals surface area (Å²) < 4.78 is 5.85. The van der Waals surface area contributed by atoms with Crippen molar-refractivity contribution < 1.29 is 4.42 Å². The molecule has 0 radical (unpaired) electrons. The molecule has 3 nitrogen and oxygen atoms in total. The predicted octanol–water partition coefficient (Wildman–Crippen LogP) is 3.76. The molecule has 2 N–H and O–H groups in total. The molecule has 0 fully saturated rings. The fraction of sp³-hybridized carbons (Fsp3) is 0. The van der Waals surface area contributed by atoms with Crippen molar-refractivity contribution in [2.75, 3.05) is 0 Å². The summed E-state index contributed by atoms with van der Waals surface area (Å²) in [5.41, 5.74) is 7.76. The van der Waals surface area contributed by atoms with Crippen LogP contribution in [-0.2, 0) is 0 Å². The number of aliphatic imine (C=N–C) groups is 1. The lowest BCUT2D eigenvalue weighted by Crippen LogP contribution is -1.76. The Morgan fingerprint density at radius 3 is 2.72 bits per heavy atom. The maximum absolute atomic E-state index is 5.85. The van der Waals surface area contributed by atoms with Crippen molar-refractivity contribution in [2.24, 2.45) is 10.7 Å². The van der Waals surface area contributed by atoms with Gasteiger partial charge in [0, 0.05) is 17.0 Å². The zero-order valence-electron chi connectivity index (χ0n) is 9.71. The normalized spacial score (nSPS) is 12.2. The van der Waals surface area contributed by atoms with Crippen LogP contribution in [0.25, 0.3) is 21.9 Å². The summed E-state index contributed by atoms with van der Waals surface area (Å²) >= 11 is 0. The third-order valence-corrected chi connectivity index (χ3v) is 2.79. The minimum absolute atomic E-state index is 0.806. The molecule has 3 heteroatoms. The second-order valence-corrected chi connectivity index (χ2v) is 3.92. The van der Waals surface area contributed by atoms with E-state index < -0.39 is 0 Å². The summed E-state index contributed by atoms with van der Waals surface area (Å²) in [5.74, 6) is 0. The lowest BCUT2D eigenvalue weighted by Gasteiger charge is -1.93. The number of para-hydroxylation sites is 2. The van der Waals surface area contributed by atoms with Crippen LogP contribution >= 0.6 is 0 Å². The highest BCUT2D eigenvalue weighted by Gasteiger charge is 2.08. The molecule has 0 unspecified atom stereocenters. The second kappa shape index (κ2) is 4.37. The van der Waals surface area contributed by atoms with Crippen LogP contribution in [0.4, 0.5) is 5.69 Å². The molecule has 0 spiro atoms. The average Bonchev–Trinajstić information content (AvgIpc) is 2.79. The first-order chi connectivity index (χ1) is 8.90. The molecule has 1 aromatic heterocycles. The van der Waals surface area contributed by atoms with E-state index in [4.69, 9.17) is 10.2 Å². The van der Waals surface area contributed by atoms with Gasteiger partial charge in [0.1, 0.15) is 11.3 Å². The first-order valence-corrected chi connectivity index (χ1v) is 5.71. The Balaban J connectivity index is 2.27. The van der Waals surface area contributed by atoms with Gasteiger partial charge in [-0.2, -0.15) is 0 Å². The van der Waals surface area contributed by atoms with E-state index in [9.17, 15) is 0 Å². The average molecular weight is 236 g/mol. The van der Waals surface area contributed by atoms with E-state index in [0.29, 0.717) is 0 Å². The number of nitrogens with two attached hydrogens (primary N) is 1. The maximum Gasteiger partial charge on any atom is 0.160 e. The third-order valence-electron chi connectivity index (χ3n) is 2.79. The van der Waals surface area contributed by atoms with Gasteiger partial charge in [-0.25, -0.2) is 0 Å². The molecule has 0 saturated heterocycles. The number of nitrogens with zero attached hydrogens (tertiary/aromatic N) is 1. The molecule has 88 valence electrons. The summed E-state index contributed by atoms with van der Waals surface area (Å²) in [7, 11) is 0. The molecular weight excluding hydrogens is 224 g/mol. The van der Waals surface area contributed by atoms with Crippen LogP contribution in [0.5, 0.6) is 0 Å². The molecule has 0 aliphatic carbocycles. The number of rotatable bonds is 2. The van der Waals surface area contributed by atoms with Gasteiger partial charge in [-0.05, 0) is 24.4 Å². The van der Waals surface area contributed by atoms with Crippen molar-refractivity contribution in [3.63, 3.8) is 0 Å². The molecule has 0 atom stereocenters. The van der Waals surface area contributed by atoms with Gasteiger partial charge in [-0.15, -0.1) is 0 Å². The van der Waals surface area contributed by atoms with Crippen molar-refractivity contribution >= 4 is 33.8 Å².